The first-order valence-corrected chi connectivity index (χ1v) is 9.64. The topological polar surface area (TPSA) is 82.7 Å². The largest absolute Gasteiger partial charge is 0.480 e. The molecule has 0 bridgehead atoms. The number of carboxylic acid groups (broad SMARTS) is 1. The van der Waals surface area contributed by atoms with Crippen LogP contribution in [-0.2, 0) is 11.2 Å². The van der Waals surface area contributed by atoms with Crippen molar-refractivity contribution in [2.24, 2.45) is 0 Å². The highest BCUT2D eigenvalue weighted by molar-refractivity contribution is 5.69. The van der Waals surface area contributed by atoms with Gasteiger partial charge in [-0.25, -0.2) is 0 Å². The molecule has 2 aromatic rings. The van der Waals surface area contributed by atoms with Crippen molar-refractivity contribution in [1.82, 2.24) is 19.9 Å². The quantitative estimate of drug-likeness (QED) is 0.762. The van der Waals surface area contributed by atoms with E-state index in [0.717, 1.165) is 57.3 Å². The number of rotatable bonds is 8. The Balaban J connectivity index is 1.42. The van der Waals surface area contributed by atoms with Gasteiger partial charge < -0.3 is 14.5 Å². The van der Waals surface area contributed by atoms with Gasteiger partial charge in [-0.3, -0.25) is 9.69 Å². The van der Waals surface area contributed by atoms with Crippen LogP contribution in [-0.4, -0.2) is 70.3 Å². The molecule has 7 nitrogen and oxygen atoms in total. The monoisotopic (exact) mass is 372 g/mol. The lowest BCUT2D eigenvalue weighted by Gasteiger charge is -2.25. The maximum absolute atomic E-state index is 10.9. The molecule has 0 aliphatic carbocycles. The number of carbonyl (C=O) groups is 1. The van der Waals surface area contributed by atoms with E-state index in [4.69, 9.17) is 9.63 Å². The number of hydrogen-bond donors (Lipinski definition) is 1. The Morgan fingerprint density at radius 3 is 2.89 bits per heavy atom. The van der Waals surface area contributed by atoms with Crippen LogP contribution >= 0.6 is 0 Å². The van der Waals surface area contributed by atoms with Crippen LogP contribution in [0, 0.1) is 0 Å². The number of carboxylic acids is 1. The molecule has 0 amide bonds. The van der Waals surface area contributed by atoms with E-state index in [1.54, 1.807) is 0 Å². The van der Waals surface area contributed by atoms with Crippen molar-refractivity contribution in [3.05, 3.63) is 36.2 Å². The van der Waals surface area contributed by atoms with Gasteiger partial charge in [-0.1, -0.05) is 35.5 Å². The first kappa shape index (κ1) is 19.5. The van der Waals surface area contributed by atoms with Gasteiger partial charge in [-0.2, -0.15) is 4.98 Å². The summed E-state index contributed by atoms with van der Waals surface area (Å²) in [6, 6.07) is 10.2. The average molecular weight is 372 g/mol. The summed E-state index contributed by atoms with van der Waals surface area (Å²) in [6.45, 7) is 3.19. The fraction of sp³-hybridized carbons (Fsp3) is 0.550. The Bertz CT molecular complexity index is 719. The highest BCUT2D eigenvalue weighted by Crippen LogP contribution is 2.17. The summed E-state index contributed by atoms with van der Waals surface area (Å²) in [5.41, 5.74) is 0.969. The van der Waals surface area contributed by atoms with E-state index in [1.165, 1.54) is 0 Å². The molecule has 2 heterocycles. The van der Waals surface area contributed by atoms with E-state index in [0.29, 0.717) is 17.8 Å². The van der Waals surface area contributed by atoms with E-state index >= 15 is 0 Å². The average Bonchev–Trinajstić information content (AvgIpc) is 3.00. The number of aliphatic carboxylic acids is 1. The van der Waals surface area contributed by atoms with Crippen molar-refractivity contribution in [2.75, 3.05) is 33.2 Å². The molecule has 1 atom stereocenters. The normalized spacial score (nSPS) is 18.5. The molecular formula is C20H28N4O3. The van der Waals surface area contributed by atoms with Gasteiger partial charge in [0.05, 0.1) is 6.54 Å². The minimum absolute atomic E-state index is 0.117. The third-order valence-electron chi connectivity index (χ3n) is 5.16. The van der Waals surface area contributed by atoms with E-state index in [2.05, 4.69) is 15.0 Å². The molecule has 0 spiro atoms. The van der Waals surface area contributed by atoms with Crippen LogP contribution in [0.2, 0.25) is 0 Å². The Morgan fingerprint density at radius 1 is 1.30 bits per heavy atom. The van der Waals surface area contributed by atoms with Crippen molar-refractivity contribution >= 4 is 5.97 Å². The standard InChI is InChI=1S/C20H28N4O3/c1-23(15-19(25)26)17-9-5-12-24(14-11-17)13-6-10-18-21-20(22-27-18)16-7-3-2-4-8-16/h2-4,7-8,17H,5-6,9-15H2,1H3,(H,25,26). The van der Waals surface area contributed by atoms with Crippen LogP contribution in [0.15, 0.2) is 34.9 Å². The summed E-state index contributed by atoms with van der Waals surface area (Å²) in [5, 5.41) is 13.0. The van der Waals surface area contributed by atoms with Crippen molar-refractivity contribution < 1.29 is 14.4 Å². The van der Waals surface area contributed by atoms with Crippen molar-refractivity contribution in [2.45, 2.75) is 38.1 Å². The molecule has 1 aliphatic rings. The molecular weight excluding hydrogens is 344 g/mol. The van der Waals surface area contributed by atoms with Crippen LogP contribution < -0.4 is 0 Å². The van der Waals surface area contributed by atoms with E-state index < -0.39 is 5.97 Å². The lowest BCUT2D eigenvalue weighted by molar-refractivity contribution is -0.138. The fourth-order valence-electron chi connectivity index (χ4n) is 3.66. The Morgan fingerprint density at radius 2 is 2.11 bits per heavy atom. The highest BCUT2D eigenvalue weighted by Gasteiger charge is 2.21. The van der Waals surface area contributed by atoms with E-state index in [1.807, 2.05) is 42.3 Å². The fourth-order valence-corrected chi connectivity index (χ4v) is 3.66. The second-order valence-corrected chi connectivity index (χ2v) is 7.22. The van der Waals surface area contributed by atoms with Gasteiger partial charge in [0.2, 0.25) is 11.7 Å². The first-order valence-electron chi connectivity index (χ1n) is 9.64. The van der Waals surface area contributed by atoms with E-state index in [-0.39, 0.29) is 6.54 Å². The maximum Gasteiger partial charge on any atom is 0.317 e. The molecule has 27 heavy (non-hydrogen) atoms. The lowest BCUT2D eigenvalue weighted by Crippen LogP contribution is -2.36. The first-order chi connectivity index (χ1) is 13.1. The second kappa shape index (κ2) is 9.62. The molecule has 1 aliphatic heterocycles. The molecule has 0 saturated carbocycles. The number of aromatic nitrogens is 2. The maximum atomic E-state index is 10.9. The molecule has 1 saturated heterocycles. The zero-order chi connectivity index (χ0) is 19.1. The zero-order valence-electron chi connectivity index (χ0n) is 15.9. The molecule has 1 fully saturated rings. The predicted molar refractivity (Wildman–Crippen MR) is 102 cm³/mol. The van der Waals surface area contributed by atoms with Crippen LogP contribution in [0.5, 0.6) is 0 Å². The SMILES string of the molecule is CN(CC(=O)O)C1CCCN(CCCc2nc(-c3ccccc3)no2)CC1. The number of likely N-dealkylation sites (N-methyl/N-ethyl adjacent to an activating group) is 1. The van der Waals surface area contributed by atoms with Gasteiger partial charge in [0.1, 0.15) is 0 Å². The minimum atomic E-state index is -0.756. The highest BCUT2D eigenvalue weighted by atomic mass is 16.5. The van der Waals surface area contributed by atoms with Crippen LogP contribution in [0.3, 0.4) is 0 Å². The van der Waals surface area contributed by atoms with Crippen molar-refractivity contribution in [1.29, 1.82) is 0 Å². The third kappa shape index (κ3) is 5.87. The van der Waals surface area contributed by atoms with Gasteiger partial charge in [-0.05, 0) is 52.4 Å². The summed E-state index contributed by atoms with van der Waals surface area (Å²) in [6.07, 6.45) is 4.94. The van der Waals surface area contributed by atoms with Gasteiger partial charge in [0.25, 0.3) is 0 Å². The zero-order valence-corrected chi connectivity index (χ0v) is 15.9. The number of hydrogen-bond acceptors (Lipinski definition) is 6. The summed E-state index contributed by atoms with van der Waals surface area (Å²) < 4.78 is 5.38. The summed E-state index contributed by atoms with van der Waals surface area (Å²) in [7, 11) is 1.91. The molecule has 7 heteroatoms. The van der Waals surface area contributed by atoms with Crippen LogP contribution in [0.1, 0.15) is 31.6 Å². The number of likely N-dealkylation sites (tertiary alicyclic amines) is 1. The second-order valence-electron chi connectivity index (χ2n) is 7.22. The molecule has 0 radical (unpaired) electrons. The Labute approximate surface area is 160 Å². The van der Waals surface area contributed by atoms with Gasteiger partial charge in [0.15, 0.2) is 0 Å². The number of nitrogens with zero attached hydrogens (tertiary/aromatic N) is 4. The predicted octanol–water partition coefficient (Wildman–Crippen LogP) is 2.54. The van der Waals surface area contributed by atoms with Gasteiger partial charge >= 0.3 is 5.97 Å². The minimum Gasteiger partial charge on any atom is -0.480 e. The summed E-state index contributed by atoms with van der Waals surface area (Å²) in [5.74, 6) is 0.570. The lowest BCUT2D eigenvalue weighted by atomic mass is 10.1. The summed E-state index contributed by atoms with van der Waals surface area (Å²) >= 11 is 0. The van der Waals surface area contributed by atoms with Crippen molar-refractivity contribution in [3.63, 3.8) is 0 Å². The molecule has 1 unspecified atom stereocenters. The van der Waals surface area contributed by atoms with E-state index in [9.17, 15) is 4.79 Å². The number of aryl methyl sites for hydroxylation is 1. The molecule has 1 aromatic carbocycles. The third-order valence-corrected chi connectivity index (χ3v) is 5.16. The Kier molecular flexibility index (Phi) is 6.95. The smallest absolute Gasteiger partial charge is 0.317 e. The van der Waals surface area contributed by atoms with Gasteiger partial charge in [-0.15, -0.1) is 0 Å². The molecule has 1 N–H and O–H groups in total. The van der Waals surface area contributed by atoms with Gasteiger partial charge in [0, 0.05) is 18.0 Å². The summed E-state index contributed by atoms with van der Waals surface area (Å²) in [4.78, 5) is 19.8. The molecule has 146 valence electrons. The molecule has 3 rings (SSSR count). The number of benzene rings is 1. The Hall–Kier alpha value is -2.25. The molecule has 1 aromatic heterocycles. The van der Waals surface area contributed by atoms with Crippen LogP contribution in [0.25, 0.3) is 11.4 Å². The van der Waals surface area contributed by atoms with Crippen molar-refractivity contribution in [3.8, 4) is 11.4 Å². The van der Waals surface area contributed by atoms with Crippen LogP contribution in [0.4, 0.5) is 0 Å².